The molecule has 1 rings (SSSR count). The molecule has 6 N–H and O–H groups in total. The Morgan fingerprint density at radius 3 is 1.29 bits per heavy atom. The Bertz CT molecular complexity index is 1450. The van der Waals surface area contributed by atoms with E-state index in [4.69, 9.17) is 18.5 Å². The number of hydrogen-bond donors (Lipinski definition) is 6. The Kier molecular flexibility index (Phi) is 39.3. The third-order valence-corrected chi connectivity index (χ3v) is 11.9. The minimum absolute atomic E-state index is 0.0966. The zero-order valence-corrected chi connectivity index (χ0v) is 41.3. The normalized spacial score (nSPS) is 22.2. The highest BCUT2D eigenvalue weighted by Crippen LogP contribution is 2.47. The van der Waals surface area contributed by atoms with Crippen molar-refractivity contribution >= 4 is 13.8 Å². The SMILES string of the molecule is CC/C=C\C/C=C\C/C=C\C/C=C\C/C=C\CCCCCCCCCC(=O)OC(COCCCCCCCC/C=C\C/C=C\C/C=C\CC)COP(=O)(O)OC1C(O)C(O)C(O)C(O)C1O. The molecule has 0 aromatic rings. The number of aliphatic hydroxyl groups excluding tert-OH is 5. The molecule has 1 aliphatic carbocycles. The van der Waals surface area contributed by atoms with Gasteiger partial charge in [-0.1, -0.05) is 169 Å². The van der Waals surface area contributed by atoms with Crippen LogP contribution < -0.4 is 0 Å². The molecule has 1 fully saturated rings. The van der Waals surface area contributed by atoms with Gasteiger partial charge in [-0.3, -0.25) is 13.8 Å². The summed E-state index contributed by atoms with van der Waals surface area (Å²) in [5, 5.41) is 50.3. The number of ether oxygens (including phenoxy) is 2. The highest BCUT2D eigenvalue weighted by atomic mass is 31.2. The lowest BCUT2D eigenvalue weighted by atomic mass is 9.85. The van der Waals surface area contributed by atoms with Crippen LogP contribution in [0.2, 0.25) is 0 Å². The molecule has 0 heterocycles. The van der Waals surface area contributed by atoms with E-state index in [-0.39, 0.29) is 13.0 Å². The van der Waals surface area contributed by atoms with Gasteiger partial charge in [0.25, 0.3) is 0 Å². The highest BCUT2D eigenvalue weighted by Gasteiger charge is 2.51. The molecule has 6 atom stereocenters. The second-order valence-electron chi connectivity index (χ2n) is 16.9. The molecule has 0 amide bonds. The summed E-state index contributed by atoms with van der Waals surface area (Å²) in [7, 11) is -5.04. The Balaban J connectivity index is 2.37. The summed E-state index contributed by atoms with van der Waals surface area (Å²) in [4.78, 5) is 23.2. The molecule has 1 saturated carbocycles. The van der Waals surface area contributed by atoms with Gasteiger partial charge in [0.1, 0.15) is 42.7 Å². The summed E-state index contributed by atoms with van der Waals surface area (Å²) in [5.74, 6) is -0.498. The number of phosphoric acid groups is 1. The van der Waals surface area contributed by atoms with E-state index in [1.54, 1.807) is 0 Å². The van der Waals surface area contributed by atoms with Crippen LogP contribution in [-0.4, -0.2) is 98.9 Å². The zero-order chi connectivity index (χ0) is 48.4. The number of carbonyl (C=O) groups is 1. The lowest BCUT2D eigenvalue weighted by Gasteiger charge is -2.41. The van der Waals surface area contributed by atoms with Gasteiger partial charge < -0.3 is 39.9 Å². The maximum absolute atomic E-state index is 12.8. The topological polar surface area (TPSA) is 192 Å². The van der Waals surface area contributed by atoms with Gasteiger partial charge in [-0.05, 0) is 89.9 Å². The first-order chi connectivity index (χ1) is 32.0. The summed E-state index contributed by atoms with van der Waals surface area (Å²) in [5.41, 5.74) is 0. The van der Waals surface area contributed by atoms with Crippen molar-refractivity contribution in [3.05, 3.63) is 97.2 Å². The molecule has 6 unspecified atom stereocenters. The first-order valence-electron chi connectivity index (χ1n) is 25.1. The number of esters is 1. The minimum Gasteiger partial charge on any atom is -0.457 e. The second-order valence-corrected chi connectivity index (χ2v) is 18.3. The van der Waals surface area contributed by atoms with Gasteiger partial charge in [-0.15, -0.1) is 0 Å². The molecule has 13 heteroatoms. The van der Waals surface area contributed by atoms with E-state index in [1.165, 1.54) is 0 Å². The Hall–Kier alpha value is -2.74. The summed E-state index contributed by atoms with van der Waals surface area (Å²) < 4.78 is 34.2. The summed E-state index contributed by atoms with van der Waals surface area (Å²) in [6.07, 6.45) is 46.1. The van der Waals surface area contributed by atoms with Crippen LogP contribution in [0.15, 0.2) is 97.2 Å². The fraction of sp³-hybridized carbons (Fsp3) is 0.679. The second kappa shape index (κ2) is 42.4. The summed E-state index contributed by atoms with van der Waals surface area (Å²) in [6, 6.07) is 0. The molecule has 0 radical (unpaired) electrons. The van der Waals surface area contributed by atoms with E-state index >= 15 is 0 Å². The van der Waals surface area contributed by atoms with Crippen molar-refractivity contribution in [2.75, 3.05) is 19.8 Å². The third kappa shape index (κ3) is 33.7. The van der Waals surface area contributed by atoms with Crippen LogP contribution in [0.3, 0.4) is 0 Å². The largest absolute Gasteiger partial charge is 0.472 e. The molecular formula is C53H89O12P. The van der Waals surface area contributed by atoms with E-state index in [9.17, 15) is 39.8 Å². The average Bonchev–Trinajstić information content (AvgIpc) is 3.30. The first kappa shape index (κ1) is 61.3. The van der Waals surface area contributed by atoms with E-state index in [0.717, 1.165) is 141 Å². The quantitative estimate of drug-likeness (QED) is 0.0147. The fourth-order valence-corrected chi connectivity index (χ4v) is 8.02. The van der Waals surface area contributed by atoms with Crippen molar-refractivity contribution in [1.29, 1.82) is 0 Å². The van der Waals surface area contributed by atoms with Gasteiger partial charge in [-0.2, -0.15) is 0 Å². The number of allylic oxidation sites excluding steroid dienone is 16. The van der Waals surface area contributed by atoms with Crippen molar-refractivity contribution in [3.8, 4) is 0 Å². The minimum atomic E-state index is -5.04. The smallest absolute Gasteiger partial charge is 0.457 e. The summed E-state index contributed by atoms with van der Waals surface area (Å²) in [6.45, 7) is 3.98. The number of carbonyl (C=O) groups excluding carboxylic acids is 1. The maximum Gasteiger partial charge on any atom is 0.472 e. The van der Waals surface area contributed by atoms with Crippen LogP contribution in [-0.2, 0) is 27.9 Å². The van der Waals surface area contributed by atoms with Gasteiger partial charge >= 0.3 is 13.8 Å². The first-order valence-corrected chi connectivity index (χ1v) is 26.6. The lowest BCUT2D eigenvalue weighted by molar-refractivity contribution is -0.220. The van der Waals surface area contributed by atoms with E-state index < -0.39 is 63.1 Å². The van der Waals surface area contributed by atoms with Crippen LogP contribution in [0.4, 0.5) is 0 Å². The van der Waals surface area contributed by atoms with Crippen LogP contribution in [0.5, 0.6) is 0 Å². The van der Waals surface area contributed by atoms with Crippen LogP contribution in [0.1, 0.15) is 168 Å². The van der Waals surface area contributed by atoms with Gasteiger partial charge in [0.05, 0.1) is 13.2 Å². The molecule has 0 bridgehead atoms. The van der Waals surface area contributed by atoms with Crippen molar-refractivity contribution in [1.82, 2.24) is 0 Å². The van der Waals surface area contributed by atoms with Gasteiger partial charge in [0.15, 0.2) is 0 Å². The monoisotopic (exact) mass is 949 g/mol. The van der Waals surface area contributed by atoms with Gasteiger partial charge in [0, 0.05) is 13.0 Å². The van der Waals surface area contributed by atoms with Crippen LogP contribution in [0, 0.1) is 0 Å². The van der Waals surface area contributed by atoms with Crippen LogP contribution >= 0.6 is 7.82 Å². The number of aliphatic hydroxyl groups is 5. The van der Waals surface area contributed by atoms with E-state index in [1.807, 2.05) is 0 Å². The van der Waals surface area contributed by atoms with Crippen molar-refractivity contribution in [2.24, 2.45) is 0 Å². The number of rotatable bonds is 41. The Morgan fingerprint density at radius 1 is 0.485 bits per heavy atom. The lowest BCUT2D eigenvalue weighted by Crippen LogP contribution is -2.64. The Morgan fingerprint density at radius 2 is 0.848 bits per heavy atom. The number of hydrogen-bond acceptors (Lipinski definition) is 11. The Labute approximate surface area is 398 Å². The molecule has 1 aliphatic rings. The van der Waals surface area contributed by atoms with Crippen molar-refractivity contribution < 1.29 is 58.3 Å². The molecule has 0 aromatic carbocycles. The zero-order valence-electron chi connectivity index (χ0n) is 40.5. The predicted octanol–water partition coefficient (Wildman–Crippen LogP) is 11.1. The van der Waals surface area contributed by atoms with Crippen molar-refractivity contribution in [3.63, 3.8) is 0 Å². The molecule has 0 aliphatic heterocycles. The molecule has 0 aromatic heterocycles. The molecule has 378 valence electrons. The maximum atomic E-state index is 12.8. The molecule has 0 spiro atoms. The highest BCUT2D eigenvalue weighted by molar-refractivity contribution is 7.47. The van der Waals surface area contributed by atoms with E-state index in [2.05, 4.69) is 111 Å². The molecule has 0 saturated heterocycles. The standard InChI is InChI=1S/C53H89O12P/c1-3-5-7-9-11-13-15-17-19-21-22-23-24-25-26-27-28-30-32-34-36-38-40-42-47(54)64-46(45-63-66(60,61)65-53-51(58)49(56)48(55)50(57)52(53)59)44-62-43-41-39-37-35-33-31-29-20-18-16-14-12-10-8-6-4-2/h5-8,11-14,17-20,22-23,25-26,46,48-53,55-59H,3-4,9-10,15-16,21,24,27-45H2,1-2H3,(H,60,61)/b7-5-,8-6-,13-11-,14-12-,19-17-,20-18-,23-22-,26-25-. The summed E-state index contributed by atoms with van der Waals surface area (Å²) >= 11 is 0. The molecular weight excluding hydrogens is 860 g/mol. The van der Waals surface area contributed by atoms with E-state index in [0.29, 0.717) is 13.0 Å². The molecule has 12 nitrogen and oxygen atoms in total. The predicted molar refractivity (Wildman–Crippen MR) is 267 cm³/mol. The van der Waals surface area contributed by atoms with Crippen molar-refractivity contribution in [2.45, 2.75) is 211 Å². The van der Waals surface area contributed by atoms with Gasteiger partial charge in [0.2, 0.25) is 0 Å². The number of unbranched alkanes of at least 4 members (excludes halogenated alkanes) is 13. The molecule has 66 heavy (non-hydrogen) atoms. The van der Waals surface area contributed by atoms with Gasteiger partial charge in [-0.25, -0.2) is 4.57 Å². The fourth-order valence-electron chi connectivity index (χ4n) is 7.04. The van der Waals surface area contributed by atoms with Crippen LogP contribution in [0.25, 0.3) is 0 Å². The average molecular weight is 949 g/mol. The third-order valence-electron chi connectivity index (χ3n) is 11.0. The number of phosphoric ester groups is 1.